The van der Waals surface area contributed by atoms with Crippen LogP contribution in [0.25, 0.3) is 0 Å². The Bertz CT molecular complexity index is 1920. The van der Waals surface area contributed by atoms with Crippen LogP contribution < -0.4 is 15.4 Å². The molecule has 0 saturated carbocycles. The van der Waals surface area contributed by atoms with E-state index in [0.29, 0.717) is 67.1 Å². The van der Waals surface area contributed by atoms with Gasteiger partial charge in [-0.25, -0.2) is 8.78 Å². The quantitative estimate of drug-likeness (QED) is 0.235. The molecule has 2 saturated heterocycles. The van der Waals surface area contributed by atoms with Gasteiger partial charge in [-0.15, -0.1) is 0 Å². The van der Waals surface area contributed by atoms with Gasteiger partial charge in [0.2, 0.25) is 0 Å². The molecule has 2 atom stereocenters. The normalized spacial score (nSPS) is 22.9. The van der Waals surface area contributed by atoms with Crippen LogP contribution >= 0.6 is 23.2 Å². The smallest absolute Gasteiger partial charge is 0.418 e. The van der Waals surface area contributed by atoms with Gasteiger partial charge in [0.1, 0.15) is 12.4 Å². The molecule has 18 heteroatoms. The third-order valence-corrected chi connectivity index (χ3v) is 10.8. The first-order valence-corrected chi connectivity index (χ1v) is 17.2. The van der Waals surface area contributed by atoms with Gasteiger partial charge in [-0.3, -0.25) is 14.4 Å². The summed E-state index contributed by atoms with van der Waals surface area (Å²) in [5, 5.41) is 3.93. The maximum absolute atomic E-state index is 15.5. The summed E-state index contributed by atoms with van der Waals surface area (Å²) in [7, 11) is 3.20. The average molecular weight is 758 g/mol. The molecule has 0 bridgehead atoms. The maximum Gasteiger partial charge on any atom is 0.418 e. The summed E-state index contributed by atoms with van der Waals surface area (Å²) >= 11 is 12.7. The molecule has 4 aliphatic heterocycles. The van der Waals surface area contributed by atoms with Crippen LogP contribution in [-0.2, 0) is 37.0 Å². The third kappa shape index (κ3) is 6.37. The minimum Gasteiger partial charge on any atom is -0.461 e. The number of fused-ring (bicyclic) bond motifs is 3. The van der Waals surface area contributed by atoms with Gasteiger partial charge in [0.25, 0.3) is 5.91 Å². The zero-order chi connectivity index (χ0) is 36.4. The highest BCUT2D eigenvalue weighted by Gasteiger charge is 2.48. The van der Waals surface area contributed by atoms with E-state index in [2.05, 4.69) is 15.0 Å². The molecule has 3 aromatic rings. The Morgan fingerprint density at radius 3 is 2.71 bits per heavy atom. The van der Waals surface area contributed by atoms with E-state index < -0.39 is 45.5 Å². The number of carbonyl (C=O) groups is 1. The summed E-state index contributed by atoms with van der Waals surface area (Å²) in [6.45, 7) is 2.25. The van der Waals surface area contributed by atoms with Crippen LogP contribution in [-0.4, -0.2) is 81.3 Å². The monoisotopic (exact) mass is 756 g/mol. The number of rotatable bonds is 6. The summed E-state index contributed by atoms with van der Waals surface area (Å²) in [6, 6.07) is 0.690. The molecule has 1 amide bonds. The number of halogens is 7. The van der Waals surface area contributed by atoms with Crippen molar-refractivity contribution >= 4 is 40.6 Å². The second-order valence-corrected chi connectivity index (χ2v) is 14.4. The highest BCUT2D eigenvalue weighted by Crippen LogP contribution is 2.47. The summed E-state index contributed by atoms with van der Waals surface area (Å²) in [6.07, 6.45) is -3.34. The van der Waals surface area contributed by atoms with Crippen molar-refractivity contribution in [3.05, 3.63) is 67.6 Å². The number of nitrogens with two attached hydrogens (primary N) is 1. The van der Waals surface area contributed by atoms with Crippen LogP contribution in [0.3, 0.4) is 0 Å². The number of aromatic nitrogens is 4. The lowest BCUT2D eigenvalue weighted by Gasteiger charge is -2.33. The topological polar surface area (TPSA) is 115 Å². The van der Waals surface area contributed by atoms with Gasteiger partial charge in [0, 0.05) is 51.3 Å². The zero-order valence-corrected chi connectivity index (χ0v) is 29.3. The molecule has 0 radical (unpaired) electrons. The number of ether oxygens (including phenoxy) is 2. The fourth-order valence-corrected chi connectivity index (χ4v) is 8.26. The molecule has 0 aliphatic carbocycles. The Kier molecular flexibility index (Phi) is 9.34. The molecule has 4 aliphatic rings. The molecule has 2 aromatic heterocycles. The number of hydrogen-bond acceptors (Lipinski definition) is 9. The standard InChI is InChI=1S/C33H35Cl2F5N8O3/c1-45(2)30(49)28-26(35)22-14-46(6-4-8-48(22)44-28)29-18-15-50-23(24-25(33(38,39)40)19(34)9-20(41)27(24)37)10-21(18)42-31(43-29)51-16-32-5-3-7-47(32)13-17(11-32)12-36/h9,12,23H,3-8,10-11,13-16,41H2,1-2H3/b17-12-/t23-,32+/m1/s1. The van der Waals surface area contributed by atoms with Crippen molar-refractivity contribution in [1.29, 1.82) is 0 Å². The van der Waals surface area contributed by atoms with Crippen molar-refractivity contribution in [2.45, 2.75) is 69.6 Å². The van der Waals surface area contributed by atoms with Crippen LogP contribution in [0, 0.1) is 5.82 Å². The molecule has 1 aromatic carbocycles. The number of nitrogen functional groups attached to an aromatic ring is 1. The second-order valence-electron chi connectivity index (χ2n) is 13.6. The molecule has 2 N–H and O–H groups in total. The summed E-state index contributed by atoms with van der Waals surface area (Å²) in [5.41, 5.74) is 4.68. The van der Waals surface area contributed by atoms with Gasteiger partial charge >= 0.3 is 12.2 Å². The number of amides is 1. The second kappa shape index (κ2) is 13.4. The molecule has 7 rings (SSSR count). The van der Waals surface area contributed by atoms with Crippen molar-refractivity contribution in [2.24, 2.45) is 0 Å². The number of aryl methyl sites for hydroxylation is 1. The largest absolute Gasteiger partial charge is 0.461 e. The van der Waals surface area contributed by atoms with Crippen LogP contribution in [0.4, 0.5) is 33.5 Å². The predicted octanol–water partition coefficient (Wildman–Crippen LogP) is 6.12. The first-order chi connectivity index (χ1) is 24.2. The van der Waals surface area contributed by atoms with Crippen molar-refractivity contribution < 1.29 is 36.2 Å². The fourth-order valence-electron chi connectivity index (χ4n) is 7.66. The fraction of sp³-hybridized carbons (Fsp3) is 0.515. The van der Waals surface area contributed by atoms with Crippen molar-refractivity contribution in [1.82, 2.24) is 29.5 Å². The van der Waals surface area contributed by atoms with E-state index in [9.17, 15) is 22.4 Å². The van der Waals surface area contributed by atoms with Gasteiger partial charge in [-0.05, 0) is 43.9 Å². The number of benzene rings is 1. The third-order valence-electron chi connectivity index (χ3n) is 10.1. The van der Waals surface area contributed by atoms with E-state index in [4.69, 9.17) is 43.4 Å². The molecule has 2 fully saturated rings. The van der Waals surface area contributed by atoms with Crippen LogP contribution in [0.15, 0.2) is 18.0 Å². The first-order valence-electron chi connectivity index (χ1n) is 16.4. The van der Waals surface area contributed by atoms with E-state index in [-0.39, 0.29) is 48.8 Å². The van der Waals surface area contributed by atoms with E-state index >= 15 is 4.39 Å². The molecule has 6 heterocycles. The summed E-state index contributed by atoms with van der Waals surface area (Å²) in [5.74, 6) is -1.24. The van der Waals surface area contributed by atoms with Crippen LogP contribution in [0.2, 0.25) is 10.0 Å². The predicted molar refractivity (Wildman–Crippen MR) is 178 cm³/mol. The molecular formula is C33H35Cl2F5N8O3. The molecule has 51 heavy (non-hydrogen) atoms. The molecular weight excluding hydrogens is 722 g/mol. The van der Waals surface area contributed by atoms with Gasteiger partial charge in [0.05, 0.1) is 63.8 Å². The first kappa shape index (κ1) is 35.7. The molecule has 274 valence electrons. The number of alkyl halides is 3. The highest BCUT2D eigenvalue weighted by atomic mass is 35.5. The number of hydrogen-bond donors (Lipinski definition) is 1. The lowest BCUT2D eigenvalue weighted by Crippen LogP contribution is -2.43. The number of carbonyl (C=O) groups excluding carboxylic acids is 1. The van der Waals surface area contributed by atoms with Crippen molar-refractivity contribution in [2.75, 3.05) is 51.0 Å². The lowest BCUT2D eigenvalue weighted by atomic mass is 9.93. The van der Waals surface area contributed by atoms with E-state index in [1.807, 2.05) is 4.90 Å². The van der Waals surface area contributed by atoms with Crippen LogP contribution in [0.5, 0.6) is 6.01 Å². The Morgan fingerprint density at radius 1 is 1.20 bits per heavy atom. The molecule has 0 unspecified atom stereocenters. The summed E-state index contributed by atoms with van der Waals surface area (Å²) < 4.78 is 85.8. The number of nitrogens with zero attached hydrogens (tertiary/aromatic N) is 7. The summed E-state index contributed by atoms with van der Waals surface area (Å²) in [4.78, 5) is 27.7. The van der Waals surface area contributed by atoms with E-state index in [1.165, 1.54) is 4.90 Å². The average Bonchev–Trinajstić information content (AvgIpc) is 3.67. The maximum atomic E-state index is 15.5. The van der Waals surface area contributed by atoms with Gasteiger partial charge in [0.15, 0.2) is 11.5 Å². The SMILES string of the molecule is CN(C)C(=O)c1nn2c(c1Cl)CN(c1nc(OC[C@@]34CCCN3C/C(=C\F)C4)nc3c1CO[C@@H](c1c(F)c(N)cc(Cl)c1C(F)(F)F)C3)CCC2. The Balaban J connectivity index is 1.28. The van der Waals surface area contributed by atoms with Gasteiger partial charge in [-0.2, -0.15) is 28.2 Å². The van der Waals surface area contributed by atoms with E-state index in [0.717, 1.165) is 25.5 Å². The Labute approximate surface area is 300 Å². The van der Waals surface area contributed by atoms with Crippen LogP contribution in [0.1, 0.15) is 70.4 Å². The highest BCUT2D eigenvalue weighted by molar-refractivity contribution is 6.34. The minimum absolute atomic E-state index is 0.0437. The molecule has 11 nitrogen and oxygen atoms in total. The Morgan fingerprint density at radius 2 is 1.98 bits per heavy atom. The molecule has 0 spiro atoms. The van der Waals surface area contributed by atoms with E-state index in [1.54, 1.807) is 18.8 Å². The van der Waals surface area contributed by atoms with Crippen molar-refractivity contribution in [3.8, 4) is 6.01 Å². The zero-order valence-electron chi connectivity index (χ0n) is 27.8. The van der Waals surface area contributed by atoms with Gasteiger partial charge < -0.3 is 25.0 Å². The lowest BCUT2D eigenvalue weighted by molar-refractivity contribution is -0.140. The Hall–Kier alpha value is -3.73. The van der Waals surface area contributed by atoms with Crippen molar-refractivity contribution in [3.63, 3.8) is 0 Å². The minimum atomic E-state index is -5.00. The van der Waals surface area contributed by atoms with Gasteiger partial charge in [-0.1, -0.05) is 23.2 Å². The number of anilines is 2.